The van der Waals surface area contributed by atoms with Gasteiger partial charge in [0.1, 0.15) is 6.04 Å². The van der Waals surface area contributed by atoms with E-state index in [9.17, 15) is 9.59 Å². The first-order chi connectivity index (χ1) is 4.54. The summed E-state index contributed by atoms with van der Waals surface area (Å²) in [6, 6.07) is -1.06. The van der Waals surface area contributed by atoms with Gasteiger partial charge in [0.25, 0.3) is 0 Å². The summed E-state index contributed by atoms with van der Waals surface area (Å²) in [6.45, 7) is 0. The van der Waals surface area contributed by atoms with E-state index in [1.807, 2.05) is 0 Å². The predicted molar refractivity (Wildman–Crippen MR) is 34.6 cm³/mol. The van der Waals surface area contributed by atoms with Crippen LogP contribution in [-0.4, -0.2) is 28.2 Å². The number of nitrogens with two attached hydrogens (primary N) is 1. The maximum atomic E-state index is 9.99. The molecule has 0 saturated heterocycles. The van der Waals surface area contributed by atoms with E-state index < -0.39 is 18.0 Å². The van der Waals surface area contributed by atoms with Gasteiger partial charge < -0.3 is 15.9 Å². The number of hydrogen-bond donors (Lipinski definition) is 3. The quantitative estimate of drug-likeness (QED) is 0.517. The molecule has 6 nitrogen and oxygen atoms in total. The molecule has 7 heteroatoms. The average Bonchev–Trinajstić information content (AvgIpc) is 1.82. The second-order valence-electron chi connectivity index (χ2n) is 1.88. The molecule has 4 N–H and O–H groups in total. The molecule has 0 aromatic carbocycles. The SMILES string of the molecule is N[C@@H](CCC(=O)O)C(=O)O.[N+3].[Zn+2]. The van der Waals surface area contributed by atoms with Crippen LogP contribution in [0.25, 0.3) is 0 Å². The first-order valence-corrected chi connectivity index (χ1v) is 2.74. The minimum atomic E-state index is -1.17. The Morgan fingerprint density at radius 3 is 2.00 bits per heavy atom. The van der Waals surface area contributed by atoms with Crippen molar-refractivity contribution in [3.63, 3.8) is 0 Å². The van der Waals surface area contributed by atoms with Gasteiger partial charge in [0.2, 0.25) is 0 Å². The van der Waals surface area contributed by atoms with Crippen LogP contribution in [0.4, 0.5) is 0 Å². The Morgan fingerprint density at radius 1 is 1.33 bits per heavy atom. The van der Waals surface area contributed by atoms with Crippen molar-refractivity contribution >= 4 is 11.9 Å². The molecule has 0 aliphatic rings. The van der Waals surface area contributed by atoms with Crippen LogP contribution in [0.1, 0.15) is 12.8 Å². The average molecular weight is 227 g/mol. The molecule has 0 unspecified atom stereocenters. The molecular formula is C5H9N2O4Zn+5. The molecule has 12 heavy (non-hydrogen) atoms. The van der Waals surface area contributed by atoms with Crippen LogP contribution in [0, 0.1) is 0 Å². The van der Waals surface area contributed by atoms with Gasteiger partial charge >= 0.3 is 37.6 Å². The van der Waals surface area contributed by atoms with Gasteiger partial charge in [-0.15, -0.1) is 0 Å². The van der Waals surface area contributed by atoms with E-state index in [0.29, 0.717) is 0 Å². The number of carboxylic acid groups (broad SMARTS) is 2. The minimum absolute atomic E-state index is 0. The van der Waals surface area contributed by atoms with Gasteiger partial charge in [0.05, 0.1) is 0 Å². The third-order valence-corrected chi connectivity index (χ3v) is 0.986. The fraction of sp³-hybridized carbons (Fsp3) is 0.600. The van der Waals surface area contributed by atoms with Crippen LogP contribution in [-0.2, 0) is 29.1 Å². The number of carboxylic acids is 2. The van der Waals surface area contributed by atoms with Crippen LogP contribution >= 0.6 is 0 Å². The fourth-order valence-corrected chi connectivity index (χ4v) is 0.402. The van der Waals surface area contributed by atoms with E-state index in [4.69, 9.17) is 15.9 Å². The molecule has 0 rings (SSSR count). The van der Waals surface area contributed by atoms with Crippen molar-refractivity contribution in [2.24, 2.45) is 5.73 Å². The van der Waals surface area contributed by atoms with Gasteiger partial charge in [-0.05, 0) is 6.42 Å². The van der Waals surface area contributed by atoms with Gasteiger partial charge in [-0.25, -0.2) is 0 Å². The molecular weight excluding hydrogens is 217 g/mol. The van der Waals surface area contributed by atoms with Crippen LogP contribution < -0.4 is 11.9 Å². The third kappa shape index (κ3) is 9.23. The normalized spacial score (nSPS) is 10.4. The molecule has 0 aromatic rings. The topological polar surface area (TPSA) is 131 Å². The predicted octanol–water partition coefficient (Wildman–Crippen LogP) is -1.22. The molecule has 0 aliphatic heterocycles. The van der Waals surface area contributed by atoms with Gasteiger partial charge in [-0.2, -0.15) is 0 Å². The van der Waals surface area contributed by atoms with Crippen LogP contribution in [0.5, 0.6) is 0 Å². The van der Waals surface area contributed by atoms with Crippen molar-refractivity contribution in [1.82, 2.24) is 6.15 Å². The van der Waals surface area contributed by atoms with Crippen LogP contribution in [0.2, 0.25) is 0 Å². The van der Waals surface area contributed by atoms with E-state index in [2.05, 4.69) is 0 Å². The summed E-state index contributed by atoms with van der Waals surface area (Å²) in [4.78, 5) is 19.9. The monoisotopic (exact) mass is 225 g/mol. The summed E-state index contributed by atoms with van der Waals surface area (Å²) in [5, 5.41) is 16.3. The zero-order valence-corrected chi connectivity index (χ0v) is 9.40. The molecule has 0 amide bonds. The van der Waals surface area contributed by atoms with E-state index in [-0.39, 0.29) is 38.5 Å². The second-order valence-corrected chi connectivity index (χ2v) is 1.88. The van der Waals surface area contributed by atoms with Gasteiger partial charge in [0.15, 0.2) is 0 Å². The molecule has 0 aliphatic carbocycles. The minimum Gasteiger partial charge on any atom is -0.481 e. The Labute approximate surface area is 82.5 Å². The molecule has 1 atom stereocenters. The number of rotatable bonds is 4. The summed E-state index contributed by atoms with van der Waals surface area (Å²) in [7, 11) is 0. The van der Waals surface area contributed by atoms with E-state index in [0.717, 1.165) is 0 Å². The zero-order valence-electron chi connectivity index (χ0n) is 6.43. The zero-order chi connectivity index (χ0) is 8.15. The molecule has 0 saturated carbocycles. The standard InChI is InChI=1S/C5H9NO4.N.Zn/c6-3(5(9)10)1-2-4(7)8;;/h3H,1-2,6H2,(H,7,8)(H,9,10);;/q;+3;+2/t3-;;/m0../s1. The number of carbonyl (C=O) groups is 2. The van der Waals surface area contributed by atoms with Crippen molar-refractivity contribution in [1.29, 1.82) is 0 Å². The number of aliphatic carboxylic acids is 2. The Kier molecular flexibility index (Phi) is 12.0. The molecule has 60 valence electrons. The summed E-state index contributed by atoms with van der Waals surface area (Å²) in [6.07, 6.45) is -0.224. The van der Waals surface area contributed by atoms with Crippen molar-refractivity contribution in [2.75, 3.05) is 0 Å². The van der Waals surface area contributed by atoms with Crippen LogP contribution in [0.15, 0.2) is 0 Å². The van der Waals surface area contributed by atoms with Crippen molar-refractivity contribution in [3.05, 3.63) is 0 Å². The third-order valence-electron chi connectivity index (χ3n) is 0.986. The second kappa shape index (κ2) is 8.33. The Morgan fingerprint density at radius 2 is 1.75 bits per heavy atom. The maximum Gasteiger partial charge on any atom is 3.00 e. The van der Waals surface area contributed by atoms with E-state index in [1.165, 1.54) is 0 Å². The molecule has 0 spiro atoms. The van der Waals surface area contributed by atoms with Crippen molar-refractivity contribution < 1.29 is 39.3 Å². The Balaban J connectivity index is -0.000000405. The van der Waals surface area contributed by atoms with Crippen molar-refractivity contribution in [3.8, 4) is 0 Å². The van der Waals surface area contributed by atoms with E-state index >= 15 is 0 Å². The first kappa shape index (κ1) is 17.4. The van der Waals surface area contributed by atoms with Crippen LogP contribution in [0.3, 0.4) is 0 Å². The van der Waals surface area contributed by atoms with Gasteiger partial charge in [-0.1, -0.05) is 0 Å². The fourth-order valence-electron chi connectivity index (χ4n) is 0.402. The summed E-state index contributed by atoms with van der Waals surface area (Å²) >= 11 is 0. The molecule has 2 radical (unpaired) electrons. The van der Waals surface area contributed by atoms with Crippen molar-refractivity contribution in [2.45, 2.75) is 18.9 Å². The Hall–Kier alpha value is -0.767. The molecule has 0 heterocycles. The Bertz CT molecular complexity index is 152. The number of hydrogen-bond acceptors (Lipinski definition) is 3. The smallest absolute Gasteiger partial charge is 0.481 e. The molecule has 0 fully saturated rings. The number of nitrogens with zero attached hydrogens (tertiary/aromatic N) is 1. The first-order valence-electron chi connectivity index (χ1n) is 2.74. The molecule has 0 bridgehead atoms. The summed E-state index contributed by atoms with van der Waals surface area (Å²) in [5.41, 5.74) is 5.00. The van der Waals surface area contributed by atoms with E-state index in [1.54, 1.807) is 0 Å². The summed E-state index contributed by atoms with van der Waals surface area (Å²) in [5.74, 6) is -2.20. The largest absolute Gasteiger partial charge is 3.00 e. The molecule has 0 aromatic heterocycles. The summed E-state index contributed by atoms with van der Waals surface area (Å²) < 4.78 is 0. The van der Waals surface area contributed by atoms with Gasteiger partial charge in [-0.3, -0.25) is 9.59 Å². The maximum absolute atomic E-state index is 9.99. The van der Waals surface area contributed by atoms with Gasteiger partial charge in [0, 0.05) is 6.42 Å².